The van der Waals surface area contributed by atoms with E-state index in [1.165, 1.54) is 24.3 Å². The molecule has 140 valence electrons. The summed E-state index contributed by atoms with van der Waals surface area (Å²) < 4.78 is 46.5. The van der Waals surface area contributed by atoms with Crippen molar-refractivity contribution < 1.29 is 32.2 Å². The first-order valence-electron chi connectivity index (χ1n) is 7.73. The number of carbonyl (C=O) groups excluding carboxylic acids is 2. The van der Waals surface area contributed by atoms with Gasteiger partial charge in [0.05, 0.1) is 6.61 Å². The first-order chi connectivity index (χ1) is 11.6. The number of rotatable bonds is 8. The SMILES string of the molecule is CC(C)(C)OC(=O)N[C@H](COC(F)F)C(=O)CCc1ccc(F)cc1. The summed E-state index contributed by atoms with van der Waals surface area (Å²) in [4.78, 5) is 24.0. The van der Waals surface area contributed by atoms with Gasteiger partial charge in [0.1, 0.15) is 17.5 Å². The highest BCUT2D eigenvalue weighted by Gasteiger charge is 2.25. The van der Waals surface area contributed by atoms with E-state index in [4.69, 9.17) is 4.74 Å². The van der Waals surface area contributed by atoms with E-state index < -0.39 is 42.6 Å². The molecule has 0 aromatic heterocycles. The smallest absolute Gasteiger partial charge is 0.408 e. The van der Waals surface area contributed by atoms with E-state index in [2.05, 4.69) is 10.1 Å². The van der Waals surface area contributed by atoms with Gasteiger partial charge in [-0.15, -0.1) is 0 Å². The van der Waals surface area contributed by atoms with E-state index in [0.717, 1.165) is 0 Å². The van der Waals surface area contributed by atoms with Crippen LogP contribution in [0, 0.1) is 5.82 Å². The number of nitrogens with one attached hydrogen (secondary N) is 1. The van der Waals surface area contributed by atoms with E-state index in [-0.39, 0.29) is 12.8 Å². The molecule has 1 atom stereocenters. The molecule has 0 bridgehead atoms. The number of aryl methyl sites for hydroxylation is 1. The second-order valence-electron chi connectivity index (χ2n) is 6.39. The molecule has 0 heterocycles. The molecule has 0 unspecified atom stereocenters. The highest BCUT2D eigenvalue weighted by molar-refractivity contribution is 5.87. The maximum absolute atomic E-state index is 12.9. The van der Waals surface area contributed by atoms with Crippen molar-refractivity contribution in [2.45, 2.75) is 51.9 Å². The van der Waals surface area contributed by atoms with Gasteiger partial charge in [0.2, 0.25) is 0 Å². The minimum absolute atomic E-state index is 0.0291. The van der Waals surface area contributed by atoms with Crippen LogP contribution in [-0.2, 0) is 20.7 Å². The van der Waals surface area contributed by atoms with Gasteiger partial charge >= 0.3 is 12.7 Å². The van der Waals surface area contributed by atoms with Crippen LogP contribution >= 0.6 is 0 Å². The number of hydrogen-bond acceptors (Lipinski definition) is 4. The predicted octanol–water partition coefficient (Wildman–Crippen LogP) is 3.46. The first-order valence-corrected chi connectivity index (χ1v) is 7.73. The lowest BCUT2D eigenvalue weighted by Gasteiger charge is -2.23. The molecule has 1 aromatic carbocycles. The van der Waals surface area contributed by atoms with Crippen molar-refractivity contribution in [2.75, 3.05) is 6.61 Å². The average molecular weight is 361 g/mol. The second kappa shape index (κ2) is 9.41. The quantitative estimate of drug-likeness (QED) is 0.770. The number of Topliss-reactive ketones (excluding diaryl/α,β-unsaturated/α-hetero) is 1. The molecule has 0 saturated heterocycles. The summed E-state index contributed by atoms with van der Waals surface area (Å²) in [5.41, 5.74) is -0.0874. The Balaban J connectivity index is 2.64. The monoisotopic (exact) mass is 361 g/mol. The number of carbonyl (C=O) groups is 2. The lowest BCUT2D eigenvalue weighted by Crippen LogP contribution is -2.46. The van der Waals surface area contributed by atoms with Crippen LogP contribution in [0.2, 0.25) is 0 Å². The Morgan fingerprint density at radius 3 is 2.28 bits per heavy atom. The van der Waals surface area contributed by atoms with Gasteiger partial charge in [-0.25, -0.2) is 9.18 Å². The Labute approximate surface area is 144 Å². The maximum atomic E-state index is 12.9. The predicted molar refractivity (Wildman–Crippen MR) is 84.8 cm³/mol. The number of alkyl carbamates (subject to hydrolysis) is 1. The fraction of sp³-hybridized carbons (Fsp3) is 0.529. The van der Waals surface area contributed by atoms with Crippen LogP contribution in [0.4, 0.5) is 18.0 Å². The molecule has 8 heteroatoms. The molecule has 5 nitrogen and oxygen atoms in total. The zero-order chi connectivity index (χ0) is 19.0. The van der Waals surface area contributed by atoms with Gasteiger partial charge in [-0.3, -0.25) is 4.79 Å². The van der Waals surface area contributed by atoms with E-state index >= 15 is 0 Å². The van der Waals surface area contributed by atoms with Crippen LogP contribution in [0.3, 0.4) is 0 Å². The number of ether oxygens (including phenoxy) is 2. The molecule has 0 aliphatic rings. The van der Waals surface area contributed by atoms with Gasteiger partial charge in [0.15, 0.2) is 5.78 Å². The molecule has 25 heavy (non-hydrogen) atoms. The molecule has 1 N–H and O–H groups in total. The average Bonchev–Trinajstić information content (AvgIpc) is 2.48. The molecule has 1 rings (SSSR count). The van der Waals surface area contributed by atoms with Crippen molar-refractivity contribution in [3.05, 3.63) is 35.6 Å². The molecular weight excluding hydrogens is 339 g/mol. The number of alkyl halides is 2. The third-order valence-electron chi connectivity index (χ3n) is 3.04. The number of halogens is 3. The minimum Gasteiger partial charge on any atom is -0.444 e. The van der Waals surface area contributed by atoms with Crippen LogP contribution in [0.5, 0.6) is 0 Å². The molecular formula is C17H22F3NO4. The number of hydrogen-bond donors (Lipinski definition) is 1. The number of benzene rings is 1. The number of ketones is 1. The zero-order valence-corrected chi connectivity index (χ0v) is 14.4. The van der Waals surface area contributed by atoms with Crippen LogP contribution in [0.15, 0.2) is 24.3 Å². The van der Waals surface area contributed by atoms with Crippen molar-refractivity contribution in [1.29, 1.82) is 0 Å². The molecule has 0 spiro atoms. The first kappa shape index (κ1) is 21.0. The summed E-state index contributed by atoms with van der Waals surface area (Å²) in [6, 6.07) is 4.31. The Bertz CT molecular complexity index is 570. The lowest BCUT2D eigenvalue weighted by molar-refractivity contribution is -0.142. The zero-order valence-electron chi connectivity index (χ0n) is 14.4. The second-order valence-corrected chi connectivity index (χ2v) is 6.39. The molecule has 0 aliphatic heterocycles. The summed E-state index contributed by atoms with van der Waals surface area (Å²) in [6.07, 6.45) is -0.649. The van der Waals surface area contributed by atoms with Gasteiger partial charge < -0.3 is 14.8 Å². The fourth-order valence-corrected chi connectivity index (χ4v) is 1.93. The third-order valence-corrected chi connectivity index (χ3v) is 3.04. The number of amides is 1. The molecule has 0 radical (unpaired) electrons. The molecule has 1 aromatic rings. The van der Waals surface area contributed by atoms with Crippen molar-refractivity contribution in [3.63, 3.8) is 0 Å². The van der Waals surface area contributed by atoms with Gasteiger partial charge in [0.25, 0.3) is 0 Å². The van der Waals surface area contributed by atoms with Crippen molar-refractivity contribution in [2.24, 2.45) is 0 Å². The summed E-state index contributed by atoms with van der Waals surface area (Å²) in [6.45, 7) is 1.17. The normalized spacial score (nSPS) is 12.8. The Kier molecular flexibility index (Phi) is 7.89. The Morgan fingerprint density at radius 2 is 1.76 bits per heavy atom. The molecule has 0 fully saturated rings. The van der Waals surface area contributed by atoms with E-state index in [0.29, 0.717) is 5.56 Å². The van der Waals surface area contributed by atoms with Gasteiger partial charge in [-0.1, -0.05) is 12.1 Å². The van der Waals surface area contributed by atoms with Gasteiger partial charge in [-0.05, 0) is 44.9 Å². The standard InChI is InChI=1S/C17H22F3NO4/c1-17(2,3)25-16(23)21-13(10-24-15(19)20)14(22)9-6-11-4-7-12(18)8-5-11/h4-5,7-8,13,15H,6,9-10H2,1-3H3,(H,21,23)/t13-/m1/s1. The fourth-order valence-electron chi connectivity index (χ4n) is 1.93. The van der Waals surface area contributed by atoms with E-state index in [1.807, 2.05) is 0 Å². The van der Waals surface area contributed by atoms with Gasteiger partial charge in [-0.2, -0.15) is 8.78 Å². The topological polar surface area (TPSA) is 64.6 Å². The van der Waals surface area contributed by atoms with Crippen molar-refractivity contribution in [1.82, 2.24) is 5.32 Å². The van der Waals surface area contributed by atoms with Crippen LogP contribution in [0.1, 0.15) is 32.8 Å². The summed E-state index contributed by atoms with van der Waals surface area (Å²) in [7, 11) is 0. The van der Waals surface area contributed by atoms with E-state index in [9.17, 15) is 22.8 Å². The van der Waals surface area contributed by atoms with Crippen LogP contribution in [-0.4, -0.2) is 36.7 Å². The Hall–Kier alpha value is -2.09. The highest BCUT2D eigenvalue weighted by Crippen LogP contribution is 2.10. The van der Waals surface area contributed by atoms with Crippen molar-refractivity contribution >= 4 is 11.9 Å². The third kappa shape index (κ3) is 9.09. The lowest BCUT2D eigenvalue weighted by atomic mass is 10.0. The minimum atomic E-state index is -3.06. The Morgan fingerprint density at radius 1 is 1.16 bits per heavy atom. The van der Waals surface area contributed by atoms with Gasteiger partial charge in [0, 0.05) is 6.42 Å². The molecule has 1 amide bonds. The van der Waals surface area contributed by atoms with Crippen LogP contribution in [0.25, 0.3) is 0 Å². The summed E-state index contributed by atoms with van der Waals surface area (Å²) in [5.74, 6) is -0.888. The van der Waals surface area contributed by atoms with E-state index in [1.54, 1.807) is 20.8 Å². The maximum Gasteiger partial charge on any atom is 0.408 e. The summed E-state index contributed by atoms with van der Waals surface area (Å²) >= 11 is 0. The largest absolute Gasteiger partial charge is 0.444 e. The van der Waals surface area contributed by atoms with Crippen LogP contribution < -0.4 is 5.32 Å². The molecule has 0 aliphatic carbocycles. The highest BCUT2D eigenvalue weighted by atomic mass is 19.3. The summed E-state index contributed by atoms with van der Waals surface area (Å²) in [5, 5.41) is 2.25. The van der Waals surface area contributed by atoms with Crippen molar-refractivity contribution in [3.8, 4) is 0 Å². The molecule has 0 saturated carbocycles.